The van der Waals surface area contributed by atoms with Gasteiger partial charge in [0.25, 0.3) is 5.91 Å². The Kier molecular flexibility index (Phi) is 5.24. The van der Waals surface area contributed by atoms with E-state index in [1.807, 2.05) is 30.3 Å². The van der Waals surface area contributed by atoms with Crippen LogP contribution in [-0.2, 0) is 6.61 Å². The first-order valence-electron chi connectivity index (χ1n) is 7.69. The van der Waals surface area contributed by atoms with Crippen molar-refractivity contribution in [2.75, 3.05) is 5.32 Å². The summed E-state index contributed by atoms with van der Waals surface area (Å²) >= 11 is 5.90. The standard InChI is InChI=1S/C19H15ClN2O4/c20-16-7-6-13(10-15(16)18(21)23)22-19(24)17-12(8-9-25-17)11-26-14-4-2-1-3-5-14/h1-10H,11H2,(H2,21,23)(H,22,24). The summed E-state index contributed by atoms with van der Waals surface area (Å²) in [6, 6.07) is 15.4. The van der Waals surface area contributed by atoms with Gasteiger partial charge >= 0.3 is 0 Å². The summed E-state index contributed by atoms with van der Waals surface area (Å²) in [6.45, 7) is 0.177. The lowest BCUT2D eigenvalue weighted by molar-refractivity contribution is 0.0986. The molecule has 3 N–H and O–H groups in total. The molecule has 0 fully saturated rings. The van der Waals surface area contributed by atoms with Crippen LogP contribution in [0.15, 0.2) is 65.3 Å². The lowest BCUT2D eigenvalue weighted by Crippen LogP contribution is -2.16. The van der Waals surface area contributed by atoms with E-state index in [9.17, 15) is 9.59 Å². The topological polar surface area (TPSA) is 94.6 Å². The van der Waals surface area contributed by atoms with Crippen LogP contribution >= 0.6 is 11.6 Å². The second kappa shape index (κ2) is 7.76. The van der Waals surface area contributed by atoms with Gasteiger partial charge in [0.2, 0.25) is 5.91 Å². The largest absolute Gasteiger partial charge is 0.489 e. The van der Waals surface area contributed by atoms with Crippen LogP contribution in [-0.4, -0.2) is 11.8 Å². The van der Waals surface area contributed by atoms with Gasteiger partial charge in [-0.05, 0) is 36.4 Å². The molecule has 6 nitrogen and oxygen atoms in total. The Balaban J connectivity index is 1.72. The molecule has 2 amide bonds. The Hall–Kier alpha value is -3.25. The summed E-state index contributed by atoms with van der Waals surface area (Å²) in [7, 11) is 0. The van der Waals surface area contributed by atoms with Crippen LogP contribution in [0.25, 0.3) is 0 Å². The average molecular weight is 371 g/mol. The van der Waals surface area contributed by atoms with Crippen molar-refractivity contribution in [3.63, 3.8) is 0 Å². The number of amides is 2. The summed E-state index contributed by atoms with van der Waals surface area (Å²) < 4.78 is 10.9. The van der Waals surface area contributed by atoms with E-state index in [0.717, 1.165) is 0 Å². The van der Waals surface area contributed by atoms with Crippen LogP contribution in [0, 0.1) is 0 Å². The maximum absolute atomic E-state index is 12.5. The number of ether oxygens (including phenoxy) is 1. The highest BCUT2D eigenvalue weighted by molar-refractivity contribution is 6.34. The smallest absolute Gasteiger partial charge is 0.291 e. The van der Waals surface area contributed by atoms with Crippen molar-refractivity contribution in [3.8, 4) is 5.75 Å². The molecule has 0 aliphatic heterocycles. The molecule has 0 aliphatic rings. The number of furan rings is 1. The fourth-order valence-corrected chi connectivity index (χ4v) is 2.52. The third-order valence-corrected chi connectivity index (χ3v) is 3.91. The van der Waals surface area contributed by atoms with E-state index in [2.05, 4.69) is 5.32 Å². The molecule has 0 unspecified atom stereocenters. The molecule has 2 aromatic carbocycles. The maximum atomic E-state index is 12.5. The Labute approximate surface area is 154 Å². The molecule has 1 heterocycles. The number of primary amides is 1. The zero-order valence-electron chi connectivity index (χ0n) is 13.6. The van der Waals surface area contributed by atoms with Gasteiger partial charge in [-0.1, -0.05) is 29.8 Å². The minimum atomic E-state index is -0.680. The Morgan fingerprint density at radius 2 is 1.88 bits per heavy atom. The van der Waals surface area contributed by atoms with Gasteiger partial charge in [-0.15, -0.1) is 0 Å². The molecule has 3 aromatic rings. The molecule has 0 atom stereocenters. The molecule has 0 radical (unpaired) electrons. The molecule has 3 rings (SSSR count). The third-order valence-electron chi connectivity index (χ3n) is 3.58. The van der Waals surface area contributed by atoms with Crippen LogP contribution in [0.4, 0.5) is 5.69 Å². The molecule has 7 heteroatoms. The second-order valence-electron chi connectivity index (χ2n) is 5.39. The van der Waals surface area contributed by atoms with Crippen molar-refractivity contribution in [1.29, 1.82) is 0 Å². The summed E-state index contributed by atoms with van der Waals surface area (Å²) in [6.07, 6.45) is 1.41. The fourth-order valence-electron chi connectivity index (χ4n) is 2.31. The Morgan fingerprint density at radius 1 is 1.12 bits per heavy atom. The van der Waals surface area contributed by atoms with Crippen molar-refractivity contribution in [1.82, 2.24) is 0 Å². The number of carbonyl (C=O) groups is 2. The number of carbonyl (C=O) groups excluding carboxylic acids is 2. The van der Waals surface area contributed by atoms with Crippen molar-refractivity contribution in [2.24, 2.45) is 5.73 Å². The van der Waals surface area contributed by atoms with E-state index in [0.29, 0.717) is 17.0 Å². The predicted octanol–water partition coefficient (Wildman–Crippen LogP) is 3.86. The number of para-hydroxylation sites is 1. The highest BCUT2D eigenvalue weighted by Crippen LogP contribution is 2.22. The van der Waals surface area contributed by atoms with Gasteiger partial charge in [-0.2, -0.15) is 0 Å². The predicted molar refractivity (Wildman–Crippen MR) is 97.4 cm³/mol. The molecule has 0 bridgehead atoms. The number of benzene rings is 2. The van der Waals surface area contributed by atoms with Crippen LogP contribution in [0.3, 0.4) is 0 Å². The van der Waals surface area contributed by atoms with Gasteiger partial charge in [0.05, 0.1) is 16.8 Å². The number of rotatable bonds is 6. The quantitative estimate of drug-likeness (QED) is 0.688. The molecule has 1 aromatic heterocycles. The molecular weight excluding hydrogens is 356 g/mol. The lowest BCUT2D eigenvalue weighted by Gasteiger charge is -2.08. The van der Waals surface area contributed by atoms with E-state index in [-0.39, 0.29) is 23.0 Å². The first-order valence-corrected chi connectivity index (χ1v) is 8.07. The number of nitrogens with one attached hydrogen (secondary N) is 1. The summed E-state index contributed by atoms with van der Waals surface area (Å²) in [5.74, 6) is -0.346. The fraction of sp³-hybridized carbons (Fsp3) is 0.0526. The highest BCUT2D eigenvalue weighted by Gasteiger charge is 2.17. The molecule has 132 valence electrons. The Morgan fingerprint density at radius 3 is 2.62 bits per heavy atom. The van der Waals surface area contributed by atoms with Crippen molar-refractivity contribution < 1.29 is 18.7 Å². The monoisotopic (exact) mass is 370 g/mol. The van der Waals surface area contributed by atoms with E-state index < -0.39 is 11.8 Å². The summed E-state index contributed by atoms with van der Waals surface area (Å²) in [5.41, 5.74) is 6.35. The SMILES string of the molecule is NC(=O)c1cc(NC(=O)c2occc2COc2ccccc2)ccc1Cl. The van der Waals surface area contributed by atoms with E-state index in [4.69, 9.17) is 26.5 Å². The molecule has 0 aliphatic carbocycles. The minimum absolute atomic E-state index is 0.122. The molecule has 0 saturated heterocycles. The molecule has 0 saturated carbocycles. The van der Waals surface area contributed by atoms with Crippen LogP contribution < -0.4 is 15.8 Å². The van der Waals surface area contributed by atoms with E-state index >= 15 is 0 Å². The van der Waals surface area contributed by atoms with Crippen LogP contribution in [0.5, 0.6) is 5.75 Å². The lowest BCUT2D eigenvalue weighted by atomic mass is 10.2. The number of hydrogen-bond donors (Lipinski definition) is 2. The zero-order chi connectivity index (χ0) is 18.5. The average Bonchev–Trinajstić information content (AvgIpc) is 3.11. The number of nitrogens with two attached hydrogens (primary N) is 1. The van der Waals surface area contributed by atoms with Crippen molar-refractivity contribution in [2.45, 2.75) is 6.61 Å². The zero-order valence-corrected chi connectivity index (χ0v) is 14.3. The Bertz CT molecular complexity index is 938. The van der Waals surface area contributed by atoms with Gasteiger partial charge in [-0.3, -0.25) is 9.59 Å². The normalized spacial score (nSPS) is 10.3. The van der Waals surface area contributed by atoms with Gasteiger partial charge < -0.3 is 20.2 Å². The first kappa shape index (κ1) is 17.6. The number of halogens is 1. The molecule has 26 heavy (non-hydrogen) atoms. The number of hydrogen-bond acceptors (Lipinski definition) is 4. The van der Waals surface area contributed by atoms with E-state index in [1.54, 1.807) is 12.1 Å². The minimum Gasteiger partial charge on any atom is -0.489 e. The van der Waals surface area contributed by atoms with Crippen molar-refractivity contribution >= 4 is 29.1 Å². The number of anilines is 1. The molecule has 0 spiro atoms. The second-order valence-corrected chi connectivity index (χ2v) is 5.80. The maximum Gasteiger partial charge on any atom is 0.291 e. The third kappa shape index (κ3) is 4.04. The highest BCUT2D eigenvalue weighted by atomic mass is 35.5. The van der Waals surface area contributed by atoms with Crippen LogP contribution in [0.1, 0.15) is 26.5 Å². The summed E-state index contributed by atoms with van der Waals surface area (Å²) in [4.78, 5) is 23.8. The van der Waals surface area contributed by atoms with Gasteiger partial charge in [0, 0.05) is 11.3 Å². The van der Waals surface area contributed by atoms with Crippen LogP contribution in [0.2, 0.25) is 5.02 Å². The first-order chi connectivity index (χ1) is 12.5. The van der Waals surface area contributed by atoms with Gasteiger partial charge in [0.15, 0.2) is 5.76 Å². The van der Waals surface area contributed by atoms with Gasteiger partial charge in [0.1, 0.15) is 12.4 Å². The van der Waals surface area contributed by atoms with Gasteiger partial charge in [-0.25, -0.2) is 0 Å². The molecular formula is C19H15ClN2O4. The van der Waals surface area contributed by atoms with Crippen molar-refractivity contribution in [3.05, 3.63) is 82.8 Å². The summed E-state index contributed by atoms with van der Waals surface area (Å²) in [5, 5.41) is 2.86. The van der Waals surface area contributed by atoms with E-state index in [1.165, 1.54) is 18.4 Å².